The zero-order valence-corrected chi connectivity index (χ0v) is 15.3. The molecule has 10 heteroatoms. The molecule has 3 heterocycles. The lowest BCUT2D eigenvalue weighted by atomic mass is 10.2. The Morgan fingerprint density at radius 1 is 1.35 bits per heavy atom. The number of amides is 1. The Hall–Kier alpha value is -1.81. The van der Waals surface area contributed by atoms with E-state index in [1.807, 2.05) is 0 Å². The number of nitrogens with zero attached hydrogens (tertiary/aromatic N) is 3. The van der Waals surface area contributed by atoms with Gasteiger partial charge in [-0.25, -0.2) is 9.97 Å². The van der Waals surface area contributed by atoms with E-state index in [1.165, 1.54) is 13.0 Å². The molecule has 2 aromatic rings. The number of fused-ring (bicyclic) bond motifs is 1. The monoisotopic (exact) mass is 401 g/mol. The van der Waals surface area contributed by atoms with E-state index in [-0.39, 0.29) is 33.2 Å². The fraction of sp³-hybridized carbons (Fsp3) is 0.438. The molecule has 0 N–H and O–H groups in total. The number of aryl methyl sites for hydroxylation is 1. The number of thiophene rings is 1. The van der Waals surface area contributed by atoms with E-state index >= 15 is 0 Å². The van der Waals surface area contributed by atoms with Crippen LogP contribution in [0.5, 0.6) is 0 Å². The first-order valence-electron chi connectivity index (χ1n) is 8.00. The van der Waals surface area contributed by atoms with E-state index in [1.54, 1.807) is 4.90 Å². The van der Waals surface area contributed by atoms with E-state index in [0.717, 1.165) is 30.4 Å². The molecule has 1 aliphatic carbocycles. The Morgan fingerprint density at radius 2 is 2.08 bits per heavy atom. The molecule has 4 rings (SSSR count). The van der Waals surface area contributed by atoms with Crippen molar-refractivity contribution in [1.29, 1.82) is 0 Å². The Kier molecular flexibility index (Phi) is 4.14. The van der Waals surface area contributed by atoms with Crippen LogP contribution in [0, 0.1) is 6.92 Å². The van der Waals surface area contributed by atoms with E-state index in [2.05, 4.69) is 9.97 Å². The summed E-state index contributed by atoms with van der Waals surface area (Å²) in [5.41, 5.74) is -1.23. The summed E-state index contributed by atoms with van der Waals surface area (Å²) in [7, 11) is -1.43. The van der Waals surface area contributed by atoms with Crippen LogP contribution in [0.4, 0.5) is 13.2 Å². The summed E-state index contributed by atoms with van der Waals surface area (Å²) >= 11 is 0.927. The maximum absolute atomic E-state index is 13.3. The van der Waals surface area contributed by atoms with Crippen molar-refractivity contribution in [3.05, 3.63) is 28.5 Å². The molecule has 1 aliphatic heterocycles. The predicted octanol–water partition coefficient (Wildman–Crippen LogP) is 3.26. The lowest BCUT2D eigenvalue weighted by molar-refractivity contribution is -0.137. The Labute approximate surface area is 153 Å². The molecule has 138 valence electrons. The third kappa shape index (κ3) is 3.05. The van der Waals surface area contributed by atoms with Crippen LogP contribution in [0.3, 0.4) is 0 Å². The van der Waals surface area contributed by atoms with Crippen LogP contribution in [-0.2, 0) is 17.0 Å². The first-order valence-corrected chi connectivity index (χ1v) is 10.1. The van der Waals surface area contributed by atoms with Crippen molar-refractivity contribution in [3.63, 3.8) is 0 Å². The quantitative estimate of drug-likeness (QED) is 0.775. The minimum Gasteiger partial charge on any atom is -0.334 e. The summed E-state index contributed by atoms with van der Waals surface area (Å²) in [6, 6.07) is 1.57. The molecular weight excluding hydrogens is 387 g/mol. The van der Waals surface area contributed by atoms with Gasteiger partial charge in [0.15, 0.2) is 0 Å². The van der Waals surface area contributed by atoms with Crippen molar-refractivity contribution in [2.24, 2.45) is 0 Å². The highest BCUT2D eigenvalue weighted by Gasteiger charge is 2.39. The van der Waals surface area contributed by atoms with Gasteiger partial charge < -0.3 is 4.90 Å². The maximum atomic E-state index is 13.3. The molecule has 1 amide bonds. The number of aromatic nitrogens is 2. The highest BCUT2D eigenvalue weighted by Crippen LogP contribution is 2.42. The van der Waals surface area contributed by atoms with Crippen molar-refractivity contribution in [1.82, 2.24) is 14.9 Å². The van der Waals surface area contributed by atoms with Gasteiger partial charge in [-0.1, -0.05) is 0 Å². The molecule has 0 bridgehead atoms. The smallest absolute Gasteiger partial charge is 0.334 e. The molecule has 1 atom stereocenters. The highest BCUT2D eigenvalue weighted by molar-refractivity contribution is 7.85. The third-order valence-corrected chi connectivity index (χ3v) is 6.98. The number of hydrogen-bond acceptors (Lipinski definition) is 5. The summed E-state index contributed by atoms with van der Waals surface area (Å²) in [6.45, 7) is 1.91. The minimum absolute atomic E-state index is 0.156. The van der Waals surface area contributed by atoms with Gasteiger partial charge in [0.1, 0.15) is 16.3 Å². The predicted molar refractivity (Wildman–Crippen MR) is 90.4 cm³/mol. The molecule has 1 saturated carbocycles. The summed E-state index contributed by atoms with van der Waals surface area (Å²) in [5.74, 6) is 0.243. The summed E-state index contributed by atoms with van der Waals surface area (Å²) in [6.07, 6.45) is -2.05. The lowest BCUT2D eigenvalue weighted by Crippen LogP contribution is -2.33. The van der Waals surface area contributed by atoms with Crippen LogP contribution in [0.15, 0.2) is 17.2 Å². The minimum atomic E-state index is -4.62. The molecule has 1 unspecified atom stereocenters. The van der Waals surface area contributed by atoms with Crippen LogP contribution in [0.1, 0.15) is 33.9 Å². The molecule has 0 saturated heterocycles. The number of hydrogen-bond donors (Lipinski definition) is 0. The average molecular weight is 401 g/mol. The maximum Gasteiger partial charge on any atom is 0.420 e. The zero-order chi connectivity index (χ0) is 18.6. The second kappa shape index (κ2) is 6.12. The second-order valence-electron chi connectivity index (χ2n) is 6.26. The first-order chi connectivity index (χ1) is 12.3. The van der Waals surface area contributed by atoms with Gasteiger partial charge >= 0.3 is 6.18 Å². The number of alkyl halides is 3. The Morgan fingerprint density at radius 3 is 2.73 bits per heavy atom. The fourth-order valence-corrected chi connectivity index (χ4v) is 5.55. The van der Waals surface area contributed by atoms with E-state index in [0.29, 0.717) is 17.2 Å². The topological polar surface area (TPSA) is 63.2 Å². The molecule has 2 aromatic heterocycles. The zero-order valence-electron chi connectivity index (χ0n) is 13.7. The van der Waals surface area contributed by atoms with Gasteiger partial charge in [0.05, 0.1) is 26.3 Å². The standard InChI is InChI=1S/C16H14F3N3O2S2/c1-8-20-7-10(16(17,18)19)13(21-8)11-6-12-14(25-11)15(23)22(9-2-3-9)4-5-26(12)24/h6-7,9H,2-5H2,1H3. The van der Waals surface area contributed by atoms with Gasteiger partial charge in [0.2, 0.25) is 0 Å². The van der Waals surface area contributed by atoms with Crippen molar-refractivity contribution in [2.45, 2.75) is 36.9 Å². The van der Waals surface area contributed by atoms with Crippen molar-refractivity contribution >= 4 is 28.0 Å². The molecule has 5 nitrogen and oxygen atoms in total. The molecule has 0 aromatic carbocycles. The largest absolute Gasteiger partial charge is 0.420 e. The van der Waals surface area contributed by atoms with Gasteiger partial charge in [0, 0.05) is 24.5 Å². The third-order valence-electron chi connectivity index (χ3n) is 4.35. The molecule has 0 radical (unpaired) electrons. The fourth-order valence-electron chi connectivity index (χ4n) is 2.93. The van der Waals surface area contributed by atoms with E-state index in [4.69, 9.17) is 0 Å². The summed E-state index contributed by atoms with van der Waals surface area (Å²) in [4.78, 5) is 22.8. The molecule has 2 aliphatic rings. The summed E-state index contributed by atoms with van der Waals surface area (Å²) in [5, 5.41) is 0. The van der Waals surface area contributed by atoms with E-state index < -0.39 is 22.5 Å². The normalized spacial score (nSPS) is 20.8. The lowest BCUT2D eigenvalue weighted by Gasteiger charge is -2.19. The number of carbonyl (C=O) groups excluding carboxylic acids is 1. The van der Waals surface area contributed by atoms with Gasteiger partial charge in [-0.05, 0) is 25.8 Å². The van der Waals surface area contributed by atoms with Crippen molar-refractivity contribution in [2.75, 3.05) is 12.3 Å². The number of rotatable bonds is 2. The van der Waals surface area contributed by atoms with Gasteiger partial charge in [-0.3, -0.25) is 9.00 Å². The molecular formula is C16H14F3N3O2S2. The number of carbonyl (C=O) groups is 1. The van der Waals surface area contributed by atoms with Gasteiger partial charge in [0.25, 0.3) is 5.91 Å². The molecule has 26 heavy (non-hydrogen) atoms. The van der Waals surface area contributed by atoms with Crippen LogP contribution >= 0.6 is 11.3 Å². The molecule has 1 fully saturated rings. The van der Waals surface area contributed by atoms with Crippen LogP contribution in [0.2, 0.25) is 0 Å². The van der Waals surface area contributed by atoms with Gasteiger partial charge in [-0.15, -0.1) is 11.3 Å². The average Bonchev–Trinajstić information content (AvgIpc) is 3.31. The Bertz CT molecular complexity index is 922. The number of halogens is 3. The van der Waals surface area contributed by atoms with Crippen molar-refractivity contribution < 1.29 is 22.2 Å². The first kappa shape index (κ1) is 17.6. The van der Waals surface area contributed by atoms with Crippen LogP contribution < -0.4 is 0 Å². The van der Waals surface area contributed by atoms with Gasteiger partial charge in [-0.2, -0.15) is 13.2 Å². The second-order valence-corrected chi connectivity index (χ2v) is 8.85. The highest BCUT2D eigenvalue weighted by atomic mass is 32.2. The molecule has 0 spiro atoms. The summed E-state index contributed by atoms with van der Waals surface area (Å²) < 4.78 is 52.5. The van der Waals surface area contributed by atoms with E-state index in [9.17, 15) is 22.2 Å². The van der Waals surface area contributed by atoms with Crippen LogP contribution in [-0.4, -0.2) is 43.3 Å². The van der Waals surface area contributed by atoms with Crippen molar-refractivity contribution in [3.8, 4) is 10.6 Å². The Balaban J connectivity index is 1.84. The SMILES string of the molecule is Cc1ncc(C(F)(F)F)c(-c2cc3c(s2)C(=O)N(C2CC2)CCS3=O)n1. The van der Waals surface area contributed by atoms with Crippen LogP contribution in [0.25, 0.3) is 10.6 Å².